The lowest BCUT2D eigenvalue weighted by Gasteiger charge is -2.27. The maximum atomic E-state index is 8.93. The number of anilines is 1. The van der Waals surface area contributed by atoms with Gasteiger partial charge in [-0.1, -0.05) is 12.2 Å². The number of aliphatic hydroxyl groups is 1. The molecule has 0 radical (unpaired) electrons. The van der Waals surface area contributed by atoms with Crippen LogP contribution < -0.4 is 10.6 Å². The summed E-state index contributed by atoms with van der Waals surface area (Å²) in [5.74, 6) is 0.612. The molecule has 0 aromatic carbocycles. The highest BCUT2D eigenvalue weighted by Gasteiger charge is 2.15. The number of thiocarbonyl (C=S) groups is 1. The lowest BCUT2D eigenvalue weighted by molar-refractivity contribution is 0.288. The summed E-state index contributed by atoms with van der Waals surface area (Å²) in [6, 6.07) is 2.02. The first-order valence-electron chi connectivity index (χ1n) is 5.98. The molecule has 0 bridgehead atoms. The van der Waals surface area contributed by atoms with Gasteiger partial charge in [-0.3, -0.25) is 0 Å². The van der Waals surface area contributed by atoms with Crippen molar-refractivity contribution in [2.45, 2.75) is 33.2 Å². The molecular formula is C12H20N4OS. The van der Waals surface area contributed by atoms with E-state index >= 15 is 0 Å². The minimum Gasteiger partial charge on any atom is -0.396 e. The number of rotatable bonds is 6. The second-order valence-corrected chi connectivity index (χ2v) is 4.86. The summed E-state index contributed by atoms with van der Waals surface area (Å²) >= 11 is 4.95. The molecule has 0 saturated heterocycles. The van der Waals surface area contributed by atoms with E-state index in [2.05, 4.69) is 23.8 Å². The highest BCUT2D eigenvalue weighted by atomic mass is 32.1. The smallest absolute Gasteiger partial charge is 0.226 e. The predicted octanol–water partition coefficient (Wildman–Crippen LogP) is 1.02. The maximum absolute atomic E-state index is 8.93. The van der Waals surface area contributed by atoms with E-state index < -0.39 is 0 Å². The fraction of sp³-hybridized carbons (Fsp3) is 0.583. The minimum atomic E-state index is 0.150. The van der Waals surface area contributed by atoms with Crippen molar-refractivity contribution >= 4 is 23.2 Å². The molecule has 0 aliphatic carbocycles. The standard InChI is InChI=1S/C12H20N4OS/c1-8(2)16(5-4-6-17)12-14-9(3)7-10(15-12)11(13)18/h7-8,17H,4-6H2,1-3H3,(H2,13,18). The molecule has 6 heteroatoms. The van der Waals surface area contributed by atoms with Crippen LogP contribution in [0.3, 0.4) is 0 Å². The molecule has 0 unspecified atom stereocenters. The van der Waals surface area contributed by atoms with E-state index in [-0.39, 0.29) is 17.6 Å². The first-order chi connectivity index (χ1) is 8.45. The average molecular weight is 268 g/mol. The average Bonchev–Trinajstić information content (AvgIpc) is 2.28. The molecule has 5 nitrogen and oxygen atoms in total. The van der Waals surface area contributed by atoms with Crippen molar-refractivity contribution in [2.24, 2.45) is 5.73 Å². The minimum absolute atomic E-state index is 0.150. The van der Waals surface area contributed by atoms with E-state index in [9.17, 15) is 0 Å². The normalized spacial score (nSPS) is 10.7. The molecule has 1 aromatic heterocycles. The van der Waals surface area contributed by atoms with Crippen molar-refractivity contribution in [3.05, 3.63) is 17.5 Å². The number of aliphatic hydroxyl groups excluding tert-OH is 1. The molecule has 0 aliphatic heterocycles. The van der Waals surface area contributed by atoms with Gasteiger partial charge in [-0.2, -0.15) is 0 Å². The number of nitrogens with zero attached hydrogens (tertiary/aromatic N) is 3. The Bertz CT molecular complexity index is 423. The molecular weight excluding hydrogens is 248 g/mol. The molecule has 1 rings (SSSR count). The summed E-state index contributed by atoms with van der Waals surface area (Å²) in [5.41, 5.74) is 7.03. The highest BCUT2D eigenvalue weighted by molar-refractivity contribution is 7.80. The molecule has 1 aromatic rings. The van der Waals surface area contributed by atoms with E-state index in [1.54, 1.807) is 6.07 Å². The third-order valence-electron chi connectivity index (χ3n) is 2.53. The van der Waals surface area contributed by atoms with E-state index in [4.69, 9.17) is 23.1 Å². The molecule has 3 N–H and O–H groups in total. The van der Waals surface area contributed by atoms with E-state index in [0.717, 1.165) is 5.69 Å². The van der Waals surface area contributed by atoms with Crippen molar-refractivity contribution in [3.8, 4) is 0 Å². The van der Waals surface area contributed by atoms with E-state index in [1.807, 2.05) is 11.8 Å². The zero-order valence-corrected chi connectivity index (χ0v) is 11.9. The number of hydrogen-bond acceptors (Lipinski definition) is 5. The third-order valence-corrected chi connectivity index (χ3v) is 2.74. The summed E-state index contributed by atoms with van der Waals surface area (Å²) in [6.45, 7) is 6.86. The summed E-state index contributed by atoms with van der Waals surface area (Å²) < 4.78 is 0. The van der Waals surface area contributed by atoms with Crippen LogP contribution in [0.4, 0.5) is 5.95 Å². The van der Waals surface area contributed by atoms with Gasteiger partial charge in [0.05, 0.1) is 0 Å². The summed E-state index contributed by atoms with van der Waals surface area (Å²) in [7, 11) is 0. The fourth-order valence-electron chi connectivity index (χ4n) is 1.64. The molecule has 0 atom stereocenters. The number of aromatic nitrogens is 2. The van der Waals surface area contributed by atoms with E-state index in [0.29, 0.717) is 24.6 Å². The Hall–Kier alpha value is -1.27. The van der Waals surface area contributed by atoms with Gasteiger partial charge in [0.25, 0.3) is 0 Å². The first-order valence-corrected chi connectivity index (χ1v) is 6.39. The molecule has 0 aliphatic rings. The number of aryl methyl sites for hydroxylation is 1. The Morgan fingerprint density at radius 3 is 2.67 bits per heavy atom. The van der Waals surface area contributed by atoms with Gasteiger partial charge in [0, 0.05) is 24.9 Å². The quantitative estimate of drug-likeness (QED) is 0.750. The van der Waals surface area contributed by atoms with Crippen molar-refractivity contribution in [1.82, 2.24) is 9.97 Å². The molecule has 100 valence electrons. The lowest BCUT2D eigenvalue weighted by atomic mass is 10.3. The summed E-state index contributed by atoms with van der Waals surface area (Å²) in [4.78, 5) is 11.1. The second kappa shape index (κ2) is 6.61. The molecule has 18 heavy (non-hydrogen) atoms. The van der Waals surface area contributed by atoms with Crippen LogP contribution in [0.25, 0.3) is 0 Å². The van der Waals surface area contributed by atoms with E-state index in [1.165, 1.54) is 0 Å². The van der Waals surface area contributed by atoms with Gasteiger partial charge in [0.15, 0.2) is 0 Å². The van der Waals surface area contributed by atoms with Gasteiger partial charge in [-0.25, -0.2) is 9.97 Å². The van der Waals surface area contributed by atoms with Crippen LogP contribution in [0.5, 0.6) is 0 Å². The highest BCUT2D eigenvalue weighted by Crippen LogP contribution is 2.14. The monoisotopic (exact) mass is 268 g/mol. The Morgan fingerprint density at radius 1 is 1.50 bits per heavy atom. The first kappa shape index (κ1) is 14.8. The van der Waals surface area contributed by atoms with Crippen LogP contribution in [0.15, 0.2) is 6.07 Å². The van der Waals surface area contributed by atoms with Gasteiger partial charge in [-0.05, 0) is 33.3 Å². The lowest BCUT2D eigenvalue weighted by Crippen LogP contribution is -2.34. The molecule has 0 amide bonds. The Morgan fingerprint density at radius 2 is 2.17 bits per heavy atom. The Balaban J connectivity index is 3.07. The van der Waals surface area contributed by atoms with Crippen LogP contribution in [-0.4, -0.2) is 39.3 Å². The van der Waals surface area contributed by atoms with Crippen LogP contribution in [0, 0.1) is 6.92 Å². The van der Waals surface area contributed by atoms with Gasteiger partial charge in [0.2, 0.25) is 5.95 Å². The van der Waals surface area contributed by atoms with Crippen molar-refractivity contribution in [1.29, 1.82) is 0 Å². The predicted molar refractivity (Wildman–Crippen MR) is 76.8 cm³/mol. The van der Waals surface area contributed by atoms with Gasteiger partial charge < -0.3 is 15.7 Å². The van der Waals surface area contributed by atoms with Crippen LogP contribution in [-0.2, 0) is 0 Å². The SMILES string of the molecule is Cc1cc(C(N)=S)nc(N(CCCO)C(C)C)n1. The van der Waals surface area contributed by atoms with Crippen LogP contribution >= 0.6 is 12.2 Å². The molecule has 0 fully saturated rings. The number of nitrogens with two attached hydrogens (primary N) is 1. The Labute approximate surface area is 113 Å². The zero-order valence-electron chi connectivity index (χ0n) is 11.1. The fourth-order valence-corrected chi connectivity index (χ4v) is 1.74. The Kier molecular flexibility index (Phi) is 5.43. The molecule has 1 heterocycles. The second-order valence-electron chi connectivity index (χ2n) is 4.42. The van der Waals surface area contributed by atoms with Crippen molar-refractivity contribution in [3.63, 3.8) is 0 Å². The third kappa shape index (κ3) is 3.89. The topological polar surface area (TPSA) is 75.3 Å². The van der Waals surface area contributed by atoms with Crippen LogP contribution in [0.1, 0.15) is 31.7 Å². The molecule has 0 spiro atoms. The van der Waals surface area contributed by atoms with Gasteiger partial charge in [0.1, 0.15) is 10.7 Å². The summed E-state index contributed by atoms with van der Waals surface area (Å²) in [5, 5.41) is 8.93. The zero-order chi connectivity index (χ0) is 13.7. The maximum Gasteiger partial charge on any atom is 0.226 e. The van der Waals surface area contributed by atoms with Crippen molar-refractivity contribution < 1.29 is 5.11 Å². The number of hydrogen-bond donors (Lipinski definition) is 2. The van der Waals surface area contributed by atoms with Crippen LogP contribution in [0.2, 0.25) is 0 Å². The van der Waals surface area contributed by atoms with Gasteiger partial charge in [-0.15, -0.1) is 0 Å². The molecule has 0 saturated carbocycles. The van der Waals surface area contributed by atoms with Crippen molar-refractivity contribution in [2.75, 3.05) is 18.1 Å². The largest absolute Gasteiger partial charge is 0.396 e. The summed E-state index contributed by atoms with van der Waals surface area (Å²) in [6.07, 6.45) is 0.678. The van der Waals surface area contributed by atoms with Gasteiger partial charge >= 0.3 is 0 Å².